The Hall–Kier alpha value is -1.26. The molecule has 1 aromatic carbocycles. The zero-order valence-electron chi connectivity index (χ0n) is 9.96. The Labute approximate surface area is 115 Å². The van der Waals surface area contributed by atoms with Crippen LogP contribution < -0.4 is 0 Å². The fourth-order valence-corrected chi connectivity index (χ4v) is 1.68. The monoisotopic (exact) mass is 290 g/mol. The molecule has 0 radical (unpaired) electrons. The lowest BCUT2D eigenvalue weighted by Crippen LogP contribution is -2.10. The predicted molar refractivity (Wildman–Crippen MR) is 68.4 cm³/mol. The maximum atomic E-state index is 11.6. The van der Waals surface area contributed by atoms with Gasteiger partial charge in [0.25, 0.3) is 0 Å². The number of carbonyl (C=O) groups excluding carboxylic acids is 2. The van der Waals surface area contributed by atoms with E-state index >= 15 is 0 Å². The van der Waals surface area contributed by atoms with Gasteiger partial charge in [-0.05, 0) is 26.0 Å². The Bertz CT molecular complexity index is 471. The van der Waals surface area contributed by atoms with Gasteiger partial charge in [0.05, 0.1) is 34.4 Å². The van der Waals surface area contributed by atoms with Crippen molar-refractivity contribution in [3.63, 3.8) is 0 Å². The van der Waals surface area contributed by atoms with Crippen LogP contribution in [0, 0.1) is 0 Å². The lowest BCUT2D eigenvalue weighted by Gasteiger charge is -2.08. The summed E-state index contributed by atoms with van der Waals surface area (Å²) in [4.78, 5) is 23.2. The molecule has 1 rings (SSSR count). The van der Waals surface area contributed by atoms with E-state index in [0.29, 0.717) is 0 Å². The third kappa shape index (κ3) is 3.37. The van der Waals surface area contributed by atoms with E-state index in [-0.39, 0.29) is 34.4 Å². The van der Waals surface area contributed by atoms with Gasteiger partial charge in [0.15, 0.2) is 0 Å². The van der Waals surface area contributed by atoms with Crippen molar-refractivity contribution in [2.24, 2.45) is 0 Å². The normalized spacial score (nSPS) is 10.0. The second-order valence-corrected chi connectivity index (χ2v) is 4.05. The SMILES string of the molecule is CCOC(=O)c1cc(Cl)c(Cl)c(C(=O)OCC)c1. The van der Waals surface area contributed by atoms with E-state index in [2.05, 4.69) is 0 Å². The molecule has 18 heavy (non-hydrogen) atoms. The van der Waals surface area contributed by atoms with Crippen molar-refractivity contribution in [1.29, 1.82) is 0 Å². The Morgan fingerprint density at radius 1 is 1.06 bits per heavy atom. The summed E-state index contributed by atoms with van der Waals surface area (Å²) in [6, 6.07) is 2.66. The Morgan fingerprint density at radius 2 is 1.61 bits per heavy atom. The molecule has 0 amide bonds. The van der Waals surface area contributed by atoms with E-state index in [9.17, 15) is 9.59 Å². The van der Waals surface area contributed by atoms with E-state index in [1.54, 1.807) is 13.8 Å². The lowest BCUT2D eigenvalue weighted by atomic mass is 10.1. The number of carbonyl (C=O) groups is 2. The number of esters is 2. The van der Waals surface area contributed by atoms with Crippen LogP contribution in [0.1, 0.15) is 34.6 Å². The Kier molecular flexibility index (Phi) is 5.44. The summed E-state index contributed by atoms with van der Waals surface area (Å²) in [6.45, 7) is 3.79. The largest absolute Gasteiger partial charge is 0.462 e. The summed E-state index contributed by atoms with van der Waals surface area (Å²) in [5, 5.41) is 0.161. The molecule has 1 aromatic rings. The number of benzene rings is 1. The summed E-state index contributed by atoms with van der Waals surface area (Å²) in [6.07, 6.45) is 0. The molecule has 0 N–H and O–H groups in total. The van der Waals surface area contributed by atoms with Crippen molar-refractivity contribution in [3.05, 3.63) is 33.3 Å². The van der Waals surface area contributed by atoms with Crippen LogP contribution in [0.5, 0.6) is 0 Å². The first-order valence-corrected chi connectivity index (χ1v) is 6.10. The van der Waals surface area contributed by atoms with Crippen LogP contribution in [0.15, 0.2) is 12.1 Å². The number of hydrogen-bond acceptors (Lipinski definition) is 4. The van der Waals surface area contributed by atoms with E-state index in [1.807, 2.05) is 0 Å². The first-order valence-electron chi connectivity index (χ1n) is 5.34. The van der Waals surface area contributed by atoms with E-state index in [1.165, 1.54) is 12.1 Å². The Morgan fingerprint density at radius 3 is 2.17 bits per heavy atom. The summed E-state index contributed by atoms with van der Waals surface area (Å²) in [7, 11) is 0. The molecule has 0 saturated carbocycles. The predicted octanol–water partition coefficient (Wildman–Crippen LogP) is 3.35. The van der Waals surface area contributed by atoms with Crippen LogP contribution >= 0.6 is 23.2 Å². The van der Waals surface area contributed by atoms with Gasteiger partial charge < -0.3 is 9.47 Å². The summed E-state index contributed by atoms with van der Waals surface area (Å²) in [5.41, 5.74) is 0.211. The van der Waals surface area contributed by atoms with Gasteiger partial charge in [-0.15, -0.1) is 0 Å². The number of rotatable bonds is 4. The molecule has 6 heteroatoms. The maximum Gasteiger partial charge on any atom is 0.339 e. The average Bonchev–Trinajstić information content (AvgIpc) is 2.32. The van der Waals surface area contributed by atoms with Gasteiger partial charge in [-0.1, -0.05) is 23.2 Å². The minimum absolute atomic E-state index is 0.0501. The first kappa shape index (κ1) is 14.8. The quantitative estimate of drug-likeness (QED) is 0.798. The standard InChI is InChI=1S/C12H12Cl2O4/c1-3-17-11(15)7-5-8(12(16)18-4-2)10(14)9(13)6-7/h5-6H,3-4H2,1-2H3. The van der Waals surface area contributed by atoms with Crippen molar-refractivity contribution in [2.75, 3.05) is 13.2 Å². The smallest absolute Gasteiger partial charge is 0.339 e. The van der Waals surface area contributed by atoms with Gasteiger partial charge in [-0.25, -0.2) is 9.59 Å². The summed E-state index contributed by atoms with van der Waals surface area (Å²) >= 11 is 11.8. The van der Waals surface area contributed by atoms with Crippen LogP contribution in [-0.4, -0.2) is 25.2 Å². The molecule has 0 aliphatic heterocycles. The van der Waals surface area contributed by atoms with Gasteiger partial charge in [0.1, 0.15) is 0 Å². The molecular formula is C12H12Cl2O4. The average molecular weight is 291 g/mol. The van der Waals surface area contributed by atoms with Crippen molar-refractivity contribution in [2.45, 2.75) is 13.8 Å². The van der Waals surface area contributed by atoms with Crippen LogP contribution in [-0.2, 0) is 9.47 Å². The highest BCUT2D eigenvalue weighted by Gasteiger charge is 2.19. The third-order valence-corrected chi connectivity index (χ3v) is 2.84. The molecule has 98 valence electrons. The summed E-state index contributed by atoms with van der Waals surface area (Å²) < 4.78 is 9.65. The van der Waals surface area contributed by atoms with Gasteiger partial charge in [0, 0.05) is 0 Å². The van der Waals surface area contributed by atoms with Crippen molar-refractivity contribution in [3.8, 4) is 0 Å². The fraction of sp³-hybridized carbons (Fsp3) is 0.333. The molecule has 0 bridgehead atoms. The molecule has 4 nitrogen and oxygen atoms in total. The molecule has 0 saturated heterocycles. The molecule has 0 unspecified atom stereocenters. The van der Waals surface area contributed by atoms with Crippen molar-refractivity contribution < 1.29 is 19.1 Å². The van der Waals surface area contributed by atoms with Gasteiger partial charge in [-0.3, -0.25) is 0 Å². The molecule has 0 fully saturated rings. The highest BCUT2D eigenvalue weighted by Crippen LogP contribution is 2.28. The number of hydrogen-bond donors (Lipinski definition) is 0. The second kappa shape index (κ2) is 6.61. The number of halogens is 2. The fourth-order valence-electron chi connectivity index (χ4n) is 1.28. The molecule has 0 spiro atoms. The van der Waals surface area contributed by atoms with Crippen LogP contribution in [0.3, 0.4) is 0 Å². The summed E-state index contributed by atoms with van der Waals surface area (Å²) in [5.74, 6) is -1.20. The molecular weight excluding hydrogens is 279 g/mol. The Balaban J connectivity index is 3.18. The van der Waals surface area contributed by atoms with Crippen LogP contribution in [0.25, 0.3) is 0 Å². The van der Waals surface area contributed by atoms with Crippen molar-refractivity contribution >= 4 is 35.1 Å². The van der Waals surface area contributed by atoms with E-state index < -0.39 is 11.9 Å². The highest BCUT2D eigenvalue weighted by atomic mass is 35.5. The van der Waals surface area contributed by atoms with Crippen molar-refractivity contribution in [1.82, 2.24) is 0 Å². The molecule has 0 aromatic heterocycles. The molecule has 0 aliphatic rings. The molecule has 0 aliphatic carbocycles. The van der Waals surface area contributed by atoms with Gasteiger partial charge in [0.2, 0.25) is 0 Å². The van der Waals surface area contributed by atoms with E-state index in [0.717, 1.165) is 0 Å². The van der Waals surface area contributed by atoms with Gasteiger partial charge in [-0.2, -0.15) is 0 Å². The molecule has 0 atom stereocenters. The molecule has 0 heterocycles. The van der Waals surface area contributed by atoms with E-state index in [4.69, 9.17) is 32.7 Å². The minimum atomic E-state index is -0.629. The zero-order chi connectivity index (χ0) is 13.7. The maximum absolute atomic E-state index is 11.6. The third-order valence-electron chi connectivity index (χ3n) is 2.03. The first-order chi connectivity index (χ1) is 8.51. The second-order valence-electron chi connectivity index (χ2n) is 3.26. The van der Waals surface area contributed by atoms with Crippen LogP contribution in [0.4, 0.5) is 0 Å². The van der Waals surface area contributed by atoms with Crippen LogP contribution in [0.2, 0.25) is 10.0 Å². The minimum Gasteiger partial charge on any atom is -0.462 e. The van der Waals surface area contributed by atoms with Gasteiger partial charge >= 0.3 is 11.9 Å². The highest BCUT2D eigenvalue weighted by molar-refractivity contribution is 6.44. The lowest BCUT2D eigenvalue weighted by molar-refractivity contribution is 0.0525. The zero-order valence-corrected chi connectivity index (χ0v) is 11.5. The topological polar surface area (TPSA) is 52.6 Å². The number of ether oxygens (including phenoxy) is 2.